The highest BCUT2D eigenvalue weighted by Gasteiger charge is 2.33. The largest absolute Gasteiger partial charge is 0.330 e. The van der Waals surface area contributed by atoms with Crippen molar-refractivity contribution in [1.82, 2.24) is 14.7 Å². The van der Waals surface area contributed by atoms with Crippen LogP contribution < -0.4 is 5.56 Å². The Bertz CT molecular complexity index is 835. The number of benzene rings is 1. The van der Waals surface area contributed by atoms with Crippen molar-refractivity contribution in [1.29, 1.82) is 0 Å². The predicted molar refractivity (Wildman–Crippen MR) is 107 cm³/mol. The molecular weight excluding hydrogens is 338 g/mol. The van der Waals surface area contributed by atoms with E-state index >= 15 is 0 Å². The van der Waals surface area contributed by atoms with Crippen molar-refractivity contribution in [2.75, 3.05) is 0 Å². The summed E-state index contributed by atoms with van der Waals surface area (Å²) in [5, 5.41) is 4.33. The van der Waals surface area contributed by atoms with Crippen LogP contribution >= 0.6 is 0 Å². The second kappa shape index (κ2) is 8.51. The van der Waals surface area contributed by atoms with Crippen LogP contribution in [0.4, 0.5) is 0 Å². The van der Waals surface area contributed by atoms with E-state index in [0.717, 1.165) is 31.2 Å². The summed E-state index contributed by atoms with van der Waals surface area (Å²) in [6, 6.07) is 11.8. The molecule has 0 spiro atoms. The molecule has 27 heavy (non-hydrogen) atoms. The molecule has 1 heterocycles. The third-order valence-electron chi connectivity index (χ3n) is 5.06. The van der Waals surface area contributed by atoms with Crippen LogP contribution in [0.5, 0.6) is 0 Å². The minimum Gasteiger partial charge on any atom is -0.330 e. The third-order valence-corrected chi connectivity index (χ3v) is 5.06. The molecule has 1 fully saturated rings. The normalized spacial score (nSPS) is 13.8. The van der Waals surface area contributed by atoms with E-state index in [1.54, 1.807) is 6.07 Å². The molecule has 0 bridgehead atoms. The Kier molecular flexibility index (Phi) is 6.09. The first kappa shape index (κ1) is 19.3. The highest BCUT2D eigenvalue weighted by molar-refractivity contribution is 5.92. The van der Waals surface area contributed by atoms with Crippen LogP contribution in [0.3, 0.4) is 0 Å². The Morgan fingerprint density at radius 1 is 1.19 bits per heavy atom. The number of carbonyl (C=O) groups excluding carboxylic acids is 1. The van der Waals surface area contributed by atoms with E-state index in [4.69, 9.17) is 0 Å². The van der Waals surface area contributed by atoms with Gasteiger partial charge in [0.2, 0.25) is 0 Å². The minimum atomic E-state index is -0.151. The monoisotopic (exact) mass is 367 g/mol. The van der Waals surface area contributed by atoms with Gasteiger partial charge in [0.25, 0.3) is 11.5 Å². The molecule has 0 atom stereocenters. The van der Waals surface area contributed by atoms with Gasteiger partial charge in [-0.1, -0.05) is 51.5 Å². The quantitative estimate of drug-likeness (QED) is 0.709. The molecule has 0 N–H and O–H groups in total. The van der Waals surface area contributed by atoms with Crippen molar-refractivity contribution in [2.24, 2.45) is 0 Å². The Morgan fingerprint density at radius 2 is 1.89 bits per heavy atom. The van der Waals surface area contributed by atoms with Crippen molar-refractivity contribution in [3.63, 3.8) is 0 Å². The molecule has 0 unspecified atom stereocenters. The molecule has 3 rings (SSSR count). The maximum absolute atomic E-state index is 13.1. The number of amides is 1. The Labute approximate surface area is 161 Å². The van der Waals surface area contributed by atoms with E-state index in [1.807, 2.05) is 4.90 Å². The molecule has 1 aromatic heterocycles. The van der Waals surface area contributed by atoms with Gasteiger partial charge in [0, 0.05) is 25.2 Å². The van der Waals surface area contributed by atoms with Gasteiger partial charge in [0.1, 0.15) is 5.69 Å². The van der Waals surface area contributed by atoms with Crippen LogP contribution in [0.2, 0.25) is 0 Å². The third kappa shape index (κ3) is 4.85. The molecule has 0 saturated heterocycles. The van der Waals surface area contributed by atoms with E-state index < -0.39 is 0 Å². The van der Waals surface area contributed by atoms with Crippen molar-refractivity contribution in [3.05, 3.63) is 63.6 Å². The summed E-state index contributed by atoms with van der Waals surface area (Å²) in [6.07, 6.45) is 3.92. The second-order valence-electron chi connectivity index (χ2n) is 7.69. The zero-order valence-corrected chi connectivity index (χ0v) is 16.5. The average Bonchev–Trinajstić information content (AvgIpc) is 3.50. The summed E-state index contributed by atoms with van der Waals surface area (Å²) < 4.78 is 1.42. The van der Waals surface area contributed by atoms with Gasteiger partial charge in [-0.2, -0.15) is 5.10 Å². The number of nitrogens with zero attached hydrogens (tertiary/aromatic N) is 3. The highest BCUT2D eigenvalue weighted by Crippen LogP contribution is 2.29. The van der Waals surface area contributed by atoms with Gasteiger partial charge in [0.15, 0.2) is 0 Å². The Balaban J connectivity index is 1.78. The van der Waals surface area contributed by atoms with Gasteiger partial charge < -0.3 is 4.90 Å². The molecule has 0 aliphatic heterocycles. The molecule has 1 aliphatic rings. The van der Waals surface area contributed by atoms with Crippen LogP contribution in [-0.4, -0.2) is 26.6 Å². The first-order valence-corrected chi connectivity index (χ1v) is 9.97. The second-order valence-corrected chi connectivity index (χ2v) is 7.69. The average molecular weight is 367 g/mol. The lowest BCUT2D eigenvalue weighted by atomic mass is 10.0. The number of aryl methyl sites for hydroxylation is 1. The zero-order valence-electron chi connectivity index (χ0n) is 16.5. The Hall–Kier alpha value is -2.43. The van der Waals surface area contributed by atoms with Gasteiger partial charge in [-0.25, -0.2) is 4.68 Å². The van der Waals surface area contributed by atoms with Crippen molar-refractivity contribution < 1.29 is 4.79 Å². The van der Waals surface area contributed by atoms with E-state index in [2.05, 4.69) is 50.1 Å². The first-order valence-electron chi connectivity index (χ1n) is 9.97. The number of carbonyl (C=O) groups is 1. The minimum absolute atomic E-state index is 0.0873. The molecular formula is C22H29N3O2. The number of unbranched alkanes of at least 4 members (excludes halogenated alkanes) is 1. The van der Waals surface area contributed by atoms with Crippen LogP contribution in [0.1, 0.15) is 74.0 Å². The SMILES string of the molecule is CCCCn1nc(C(=O)N(Cc2ccc(C(C)C)cc2)C2CC2)ccc1=O. The number of rotatable bonds is 8. The van der Waals surface area contributed by atoms with E-state index in [-0.39, 0.29) is 17.5 Å². The van der Waals surface area contributed by atoms with Gasteiger partial charge in [0.05, 0.1) is 0 Å². The maximum atomic E-state index is 13.1. The summed E-state index contributed by atoms with van der Waals surface area (Å²) >= 11 is 0. The predicted octanol–water partition coefficient (Wildman–Crippen LogP) is 3.97. The van der Waals surface area contributed by atoms with Gasteiger partial charge in [-0.15, -0.1) is 0 Å². The van der Waals surface area contributed by atoms with Gasteiger partial charge in [-0.3, -0.25) is 9.59 Å². The summed E-state index contributed by atoms with van der Waals surface area (Å²) in [5.74, 6) is 0.407. The highest BCUT2D eigenvalue weighted by atomic mass is 16.2. The van der Waals surface area contributed by atoms with E-state index in [9.17, 15) is 9.59 Å². The molecule has 1 aromatic carbocycles. The van der Waals surface area contributed by atoms with E-state index in [1.165, 1.54) is 16.3 Å². The lowest BCUT2D eigenvalue weighted by Crippen LogP contribution is -2.35. The fraction of sp³-hybridized carbons (Fsp3) is 0.500. The van der Waals surface area contributed by atoms with Gasteiger partial charge in [-0.05, 0) is 42.4 Å². The van der Waals surface area contributed by atoms with Crippen LogP contribution in [-0.2, 0) is 13.1 Å². The summed E-state index contributed by atoms with van der Waals surface area (Å²) in [6.45, 7) is 7.55. The van der Waals surface area contributed by atoms with Crippen LogP contribution in [0, 0.1) is 0 Å². The molecule has 1 saturated carbocycles. The van der Waals surface area contributed by atoms with E-state index in [0.29, 0.717) is 24.7 Å². The topological polar surface area (TPSA) is 55.2 Å². The zero-order chi connectivity index (χ0) is 19.4. The molecule has 5 heteroatoms. The number of aromatic nitrogens is 2. The fourth-order valence-electron chi connectivity index (χ4n) is 3.14. The standard InChI is InChI=1S/C22H29N3O2/c1-4-5-14-25-21(26)13-12-20(23-25)22(27)24(19-10-11-19)15-17-6-8-18(9-7-17)16(2)3/h6-9,12-13,16,19H,4-5,10-11,14-15H2,1-3H3. The fourth-order valence-corrected chi connectivity index (χ4v) is 3.14. The lowest BCUT2D eigenvalue weighted by molar-refractivity contribution is 0.0721. The van der Waals surface area contributed by atoms with Crippen molar-refractivity contribution >= 4 is 5.91 Å². The summed E-state index contributed by atoms with van der Waals surface area (Å²) in [5.41, 5.74) is 2.63. The molecule has 2 aromatic rings. The summed E-state index contributed by atoms with van der Waals surface area (Å²) in [7, 11) is 0. The van der Waals surface area contributed by atoms with Gasteiger partial charge >= 0.3 is 0 Å². The number of hydrogen-bond acceptors (Lipinski definition) is 3. The smallest absolute Gasteiger partial charge is 0.274 e. The lowest BCUT2D eigenvalue weighted by Gasteiger charge is -2.22. The molecule has 144 valence electrons. The molecule has 1 amide bonds. The van der Waals surface area contributed by atoms with Crippen molar-refractivity contribution in [2.45, 2.75) is 71.5 Å². The molecule has 1 aliphatic carbocycles. The first-order chi connectivity index (χ1) is 13.0. The Morgan fingerprint density at radius 3 is 2.48 bits per heavy atom. The van der Waals surface area contributed by atoms with Crippen LogP contribution in [0.25, 0.3) is 0 Å². The number of hydrogen-bond donors (Lipinski definition) is 0. The summed E-state index contributed by atoms with van der Waals surface area (Å²) in [4.78, 5) is 27.0. The molecule has 5 nitrogen and oxygen atoms in total. The maximum Gasteiger partial charge on any atom is 0.274 e. The molecule has 0 radical (unpaired) electrons. The van der Waals surface area contributed by atoms with Crippen LogP contribution in [0.15, 0.2) is 41.2 Å². The van der Waals surface area contributed by atoms with Crippen molar-refractivity contribution in [3.8, 4) is 0 Å².